The molecule has 0 radical (unpaired) electrons. The summed E-state index contributed by atoms with van der Waals surface area (Å²) >= 11 is 1.90. The minimum atomic E-state index is 0.651. The molecule has 1 saturated carbocycles. The Morgan fingerprint density at radius 2 is 1.73 bits per heavy atom. The smallest absolute Gasteiger partial charge is 0.191 e. The number of aromatic nitrogens is 3. The van der Waals surface area contributed by atoms with Crippen molar-refractivity contribution in [1.82, 2.24) is 19.7 Å². The van der Waals surface area contributed by atoms with E-state index in [0.29, 0.717) is 5.92 Å². The molecule has 3 rings (SSSR count). The Hall–Kier alpha value is -0.550. The van der Waals surface area contributed by atoms with E-state index in [1.165, 1.54) is 76.8 Å². The minimum absolute atomic E-state index is 0.651. The third-order valence-electron chi connectivity index (χ3n) is 5.12. The summed E-state index contributed by atoms with van der Waals surface area (Å²) in [5, 5.41) is 10.2. The van der Waals surface area contributed by atoms with Crippen molar-refractivity contribution in [2.75, 3.05) is 25.4 Å². The predicted octanol–water partition coefficient (Wildman–Crippen LogP) is 3.92. The Kier molecular flexibility index (Phi) is 6.19. The molecule has 5 heteroatoms. The van der Waals surface area contributed by atoms with Crippen molar-refractivity contribution in [3.8, 4) is 0 Å². The summed E-state index contributed by atoms with van der Waals surface area (Å²) in [6.45, 7) is 7.00. The Labute approximate surface area is 139 Å². The molecule has 2 aliphatic rings. The zero-order valence-electron chi connectivity index (χ0n) is 14.0. The van der Waals surface area contributed by atoms with Gasteiger partial charge in [-0.2, -0.15) is 0 Å². The van der Waals surface area contributed by atoms with Crippen molar-refractivity contribution in [2.45, 2.75) is 75.9 Å². The van der Waals surface area contributed by atoms with Crippen LogP contribution in [0.2, 0.25) is 0 Å². The molecule has 0 aromatic carbocycles. The zero-order valence-corrected chi connectivity index (χ0v) is 14.8. The van der Waals surface area contributed by atoms with Gasteiger partial charge in [0, 0.05) is 24.8 Å². The summed E-state index contributed by atoms with van der Waals surface area (Å²) in [6.07, 6.45) is 10.9. The molecular formula is C17H30N4S. The van der Waals surface area contributed by atoms with Crippen molar-refractivity contribution in [3.63, 3.8) is 0 Å². The van der Waals surface area contributed by atoms with Crippen LogP contribution in [-0.4, -0.2) is 45.1 Å². The zero-order chi connectivity index (χ0) is 15.2. The third-order valence-corrected chi connectivity index (χ3v) is 6.07. The monoisotopic (exact) mass is 322 g/mol. The quantitative estimate of drug-likeness (QED) is 0.743. The lowest BCUT2D eigenvalue weighted by molar-refractivity contribution is 0.242. The normalized spacial score (nSPS) is 21.3. The average molecular weight is 323 g/mol. The number of hydrogen-bond acceptors (Lipinski definition) is 4. The highest BCUT2D eigenvalue weighted by molar-refractivity contribution is 7.99. The van der Waals surface area contributed by atoms with Crippen LogP contribution in [0, 0.1) is 0 Å². The maximum atomic E-state index is 4.55. The SMILES string of the molecule is CCn1c(SCCN2CCCCC2)nnc1C1CCCCC1. The van der Waals surface area contributed by atoms with Gasteiger partial charge in [-0.05, 0) is 45.7 Å². The van der Waals surface area contributed by atoms with Crippen molar-refractivity contribution in [1.29, 1.82) is 0 Å². The van der Waals surface area contributed by atoms with E-state index in [1.54, 1.807) is 0 Å². The summed E-state index contributed by atoms with van der Waals surface area (Å²) in [5.41, 5.74) is 0. The molecule has 1 aliphatic heterocycles. The molecular weight excluding hydrogens is 292 g/mol. The van der Waals surface area contributed by atoms with E-state index in [1.807, 2.05) is 11.8 Å². The fourth-order valence-electron chi connectivity index (χ4n) is 3.82. The van der Waals surface area contributed by atoms with Crippen LogP contribution in [0.25, 0.3) is 0 Å². The van der Waals surface area contributed by atoms with Gasteiger partial charge in [-0.1, -0.05) is 37.4 Å². The molecule has 1 saturated heterocycles. The minimum Gasteiger partial charge on any atom is -0.306 e. The van der Waals surface area contributed by atoms with Gasteiger partial charge >= 0.3 is 0 Å². The van der Waals surface area contributed by atoms with E-state index in [4.69, 9.17) is 0 Å². The second-order valence-electron chi connectivity index (χ2n) is 6.67. The Bertz CT molecular complexity index is 448. The molecule has 0 spiro atoms. The van der Waals surface area contributed by atoms with Gasteiger partial charge in [-0.3, -0.25) is 0 Å². The molecule has 0 atom stereocenters. The summed E-state index contributed by atoms with van der Waals surface area (Å²) in [5.74, 6) is 3.04. The maximum absolute atomic E-state index is 4.55. The van der Waals surface area contributed by atoms with E-state index in [2.05, 4.69) is 26.6 Å². The average Bonchev–Trinajstić information content (AvgIpc) is 2.99. The highest BCUT2D eigenvalue weighted by atomic mass is 32.2. The van der Waals surface area contributed by atoms with E-state index in [0.717, 1.165) is 17.5 Å². The molecule has 0 bridgehead atoms. The molecule has 22 heavy (non-hydrogen) atoms. The second-order valence-corrected chi connectivity index (χ2v) is 7.73. The number of piperidine rings is 1. The largest absolute Gasteiger partial charge is 0.306 e. The van der Waals surface area contributed by atoms with E-state index in [9.17, 15) is 0 Å². The summed E-state index contributed by atoms with van der Waals surface area (Å²) in [6, 6.07) is 0. The molecule has 124 valence electrons. The molecule has 2 fully saturated rings. The molecule has 1 aromatic rings. The van der Waals surface area contributed by atoms with Crippen LogP contribution in [0.3, 0.4) is 0 Å². The van der Waals surface area contributed by atoms with Crippen LogP contribution in [-0.2, 0) is 6.54 Å². The summed E-state index contributed by atoms with van der Waals surface area (Å²) in [7, 11) is 0. The molecule has 4 nitrogen and oxygen atoms in total. The molecule has 0 N–H and O–H groups in total. The molecule has 1 aliphatic carbocycles. The number of thioether (sulfide) groups is 1. The topological polar surface area (TPSA) is 34.0 Å². The standard InChI is InChI=1S/C17H30N4S/c1-2-21-16(15-9-5-3-6-10-15)18-19-17(21)22-14-13-20-11-7-4-8-12-20/h15H,2-14H2,1H3. The van der Waals surface area contributed by atoms with Gasteiger partial charge in [0.2, 0.25) is 0 Å². The maximum Gasteiger partial charge on any atom is 0.191 e. The molecule has 0 unspecified atom stereocenters. The van der Waals surface area contributed by atoms with Crippen molar-refractivity contribution in [3.05, 3.63) is 5.82 Å². The van der Waals surface area contributed by atoms with Gasteiger partial charge in [0.25, 0.3) is 0 Å². The van der Waals surface area contributed by atoms with Gasteiger partial charge in [0.15, 0.2) is 5.16 Å². The predicted molar refractivity (Wildman–Crippen MR) is 92.5 cm³/mol. The van der Waals surface area contributed by atoms with E-state index < -0.39 is 0 Å². The van der Waals surface area contributed by atoms with Crippen LogP contribution in [0.5, 0.6) is 0 Å². The summed E-state index contributed by atoms with van der Waals surface area (Å²) in [4.78, 5) is 2.60. The highest BCUT2D eigenvalue weighted by Crippen LogP contribution is 2.33. The van der Waals surface area contributed by atoms with E-state index in [-0.39, 0.29) is 0 Å². The van der Waals surface area contributed by atoms with Crippen molar-refractivity contribution >= 4 is 11.8 Å². The molecule has 1 aromatic heterocycles. The fraction of sp³-hybridized carbons (Fsp3) is 0.882. The Morgan fingerprint density at radius 1 is 1.00 bits per heavy atom. The first-order valence-corrected chi connectivity index (χ1v) is 10.2. The third kappa shape index (κ3) is 4.05. The first-order chi connectivity index (χ1) is 10.9. The fourth-order valence-corrected chi connectivity index (χ4v) is 4.82. The van der Waals surface area contributed by atoms with Gasteiger partial charge in [-0.25, -0.2) is 0 Å². The van der Waals surface area contributed by atoms with Gasteiger partial charge < -0.3 is 9.47 Å². The van der Waals surface area contributed by atoms with Crippen molar-refractivity contribution < 1.29 is 0 Å². The van der Waals surface area contributed by atoms with Crippen molar-refractivity contribution in [2.24, 2.45) is 0 Å². The van der Waals surface area contributed by atoms with Gasteiger partial charge in [0.1, 0.15) is 5.82 Å². The Morgan fingerprint density at radius 3 is 2.45 bits per heavy atom. The lowest BCUT2D eigenvalue weighted by atomic mass is 9.89. The van der Waals surface area contributed by atoms with Crippen LogP contribution < -0.4 is 0 Å². The number of nitrogens with zero attached hydrogens (tertiary/aromatic N) is 4. The molecule has 0 amide bonds. The first-order valence-electron chi connectivity index (χ1n) is 9.16. The number of rotatable bonds is 6. The lowest BCUT2D eigenvalue weighted by Gasteiger charge is -2.26. The second kappa shape index (κ2) is 8.34. The molecule has 2 heterocycles. The summed E-state index contributed by atoms with van der Waals surface area (Å²) < 4.78 is 2.37. The number of likely N-dealkylation sites (tertiary alicyclic amines) is 1. The van der Waals surface area contributed by atoms with Gasteiger partial charge in [-0.15, -0.1) is 10.2 Å². The van der Waals surface area contributed by atoms with Crippen LogP contribution in [0.4, 0.5) is 0 Å². The van der Waals surface area contributed by atoms with Crippen LogP contribution >= 0.6 is 11.8 Å². The number of hydrogen-bond donors (Lipinski definition) is 0. The van der Waals surface area contributed by atoms with Crippen LogP contribution in [0.1, 0.15) is 70.0 Å². The van der Waals surface area contributed by atoms with Gasteiger partial charge in [0.05, 0.1) is 0 Å². The highest BCUT2D eigenvalue weighted by Gasteiger charge is 2.22. The van der Waals surface area contributed by atoms with Crippen LogP contribution in [0.15, 0.2) is 5.16 Å². The Balaban J connectivity index is 1.55. The van der Waals surface area contributed by atoms with E-state index >= 15 is 0 Å². The lowest BCUT2D eigenvalue weighted by Crippen LogP contribution is -2.31. The first kappa shape index (κ1) is 16.3.